The Morgan fingerprint density at radius 3 is 2.65 bits per heavy atom. The molecular weight excluding hydrogens is 234 g/mol. The Morgan fingerprint density at radius 2 is 2.06 bits per heavy atom. The van der Waals surface area contributed by atoms with E-state index >= 15 is 0 Å². The molecule has 1 aliphatic rings. The molecule has 17 heavy (non-hydrogen) atoms. The second-order valence-electron chi connectivity index (χ2n) is 4.57. The lowest BCUT2D eigenvalue weighted by Gasteiger charge is -2.36. The minimum atomic E-state index is -1.03. The fraction of sp³-hybridized carbons (Fsp3) is 0.429. The summed E-state index contributed by atoms with van der Waals surface area (Å²) in [6, 6.07) is 11.9. The molecule has 2 rings (SSSR count). The zero-order chi connectivity index (χ0) is 12.3. The zero-order valence-corrected chi connectivity index (χ0v) is 10.3. The molecule has 3 heteroatoms. The van der Waals surface area contributed by atoms with Crippen LogP contribution in [0.15, 0.2) is 30.3 Å². The molecule has 0 bridgehead atoms. The first-order valence-electron chi connectivity index (χ1n) is 5.87. The van der Waals surface area contributed by atoms with Gasteiger partial charge in [0.15, 0.2) is 0 Å². The van der Waals surface area contributed by atoms with Gasteiger partial charge in [-0.15, -0.1) is 0 Å². The highest BCUT2D eigenvalue weighted by atomic mass is 35.5. The van der Waals surface area contributed by atoms with Crippen molar-refractivity contribution in [3.8, 4) is 6.07 Å². The van der Waals surface area contributed by atoms with Crippen LogP contribution in [0.1, 0.15) is 37.2 Å². The summed E-state index contributed by atoms with van der Waals surface area (Å²) < 4.78 is 0. The molecule has 1 aromatic rings. The Hall–Kier alpha value is -1.33. The van der Waals surface area contributed by atoms with E-state index in [-0.39, 0.29) is 5.92 Å². The summed E-state index contributed by atoms with van der Waals surface area (Å²) in [6.45, 7) is 0. The topological polar surface area (TPSA) is 40.9 Å². The van der Waals surface area contributed by atoms with E-state index in [0.29, 0.717) is 6.42 Å². The Labute approximate surface area is 106 Å². The molecule has 0 amide bonds. The van der Waals surface area contributed by atoms with Crippen LogP contribution in [0.25, 0.3) is 0 Å². The van der Waals surface area contributed by atoms with Gasteiger partial charge in [0.25, 0.3) is 0 Å². The summed E-state index contributed by atoms with van der Waals surface area (Å²) in [4.78, 5) is 11.7. The van der Waals surface area contributed by atoms with Gasteiger partial charge in [-0.3, -0.25) is 4.79 Å². The maximum atomic E-state index is 11.7. The average molecular weight is 248 g/mol. The summed E-state index contributed by atoms with van der Waals surface area (Å²) >= 11 is 5.70. The van der Waals surface area contributed by atoms with Crippen LogP contribution < -0.4 is 0 Å². The molecule has 2 atom stereocenters. The van der Waals surface area contributed by atoms with Crippen molar-refractivity contribution in [1.82, 2.24) is 0 Å². The minimum absolute atomic E-state index is 0.0625. The average Bonchev–Trinajstić information content (AvgIpc) is 2.39. The van der Waals surface area contributed by atoms with Gasteiger partial charge in [-0.2, -0.15) is 5.26 Å². The molecule has 0 aliphatic heterocycles. The van der Waals surface area contributed by atoms with Crippen molar-refractivity contribution in [2.45, 2.75) is 31.6 Å². The molecular formula is C14H14ClNO. The highest BCUT2D eigenvalue weighted by Gasteiger charge is 2.47. The third-order valence-corrected chi connectivity index (χ3v) is 4.00. The first-order valence-corrected chi connectivity index (χ1v) is 6.24. The van der Waals surface area contributed by atoms with E-state index in [1.807, 2.05) is 30.3 Å². The van der Waals surface area contributed by atoms with E-state index < -0.39 is 10.7 Å². The number of carbonyl (C=O) groups is 1. The highest BCUT2D eigenvalue weighted by molar-refractivity contribution is 6.65. The van der Waals surface area contributed by atoms with Crippen LogP contribution in [-0.4, -0.2) is 5.24 Å². The number of nitrogens with zero attached hydrogens (tertiary/aromatic N) is 1. The number of hydrogen-bond acceptors (Lipinski definition) is 2. The Morgan fingerprint density at radius 1 is 1.35 bits per heavy atom. The molecule has 88 valence electrons. The maximum Gasteiger partial charge on any atom is 0.242 e. The van der Waals surface area contributed by atoms with Gasteiger partial charge in [0.2, 0.25) is 5.24 Å². The van der Waals surface area contributed by atoms with E-state index in [9.17, 15) is 10.1 Å². The van der Waals surface area contributed by atoms with Crippen molar-refractivity contribution in [2.24, 2.45) is 5.41 Å². The lowest BCUT2D eigenvalue weighted by atomic mass is 9.65. The number of hydrogen-bond donors (Lipinski definition) is 0. The molecule has 0 spiro atoms. The van der Waals surface area contributed by atoms with Crippen molar-refractivity contribution in [2.75, 3.05) is 0 Å². The minimum Gasteiger partial charge on any atom is -0.279 e. The second kappa shape index (κ2) is 4.89. The molecule has 0 heterocycles. The van der Waals surface area contributed by atoms with Gasteiger partial charge in [0.1, 0.15) is 5.41 Å². The fourth-order valence-electron chi connectivity index (χ4n) is 2.72. The summed E-state index contributed by atoms with van der Waals surface area (Å²) in [5, 5.41) is 8.88. The van der Waals surface area contributed by atoms with Gasteiger partial charge >= 0.3 is 0 Å². The summed E-state index contributed by atoms with van der Waals surface area (Å²) in [5.41, 5.74) is 0.0176. The fourth-order valence-corrected chi connectivity index (χ4v) is 2.99. The third kappa shape index (κ3) is 2.08. The highest BCUT2D eigenvalue weighted by Crippen LogP contribution is 2.48. The number of rotatable bonds is 2. The lowest BCUT2D eigenvalue weighted by molar-refractivity contribution is -0.120. The van der Waals surface area contributed by atoms with E-state index in [0.717, 1.165) is 24.8 Å². The van der Waals surface area contributed by atoms with Crippen LogP contribution in [-0.2, 0) is 4.79 Å². The first kappa shape index (κ1) is 12.1. The van der Waals surface area contributed by atoms with Crippen LogP contribution in [0, 0.1) is 16.7 Å². The molecule has 0 N–H and O–H groups in total. The Balaban J connectivity index is 2.43. The van der Waals surface area contributed by atoms with Gasteiger partial charge < -0.3 is 0 Å². The van der Waals surface area contributed by atoms with Crippen LogP contribution in [0.2, 0.25) is 0 Å². The van der Waals surface area contributed by atoms with Gasteiger partial charge in [0.05, 0.1) is 6.07 Å². The standard InChI is InChI=1S/C14H14ClNO/c15-13(17)14(10-16)9-5-4-8-12(14)11-6-2-1-3-7-11/h1-3,6-7,12H,4-5,8-9H2/t12-,14-/m1/s1. The van der Waals surface area contributed by atoms with Crippen molar-refractivity contribution >= 4 is 16.8 Å². The van der Waals surface area contributed by atoms with Crippen molar-refractivity contribution in [3.05, 3.63) is 35.9 Å². The van der Waals surface area contributed by atoms with E-state index in [1.165, 1.54) is 0 Å². The quantitative estimate of drug-likeness (QED) is 0.749. The van der Waals surface area contributed by atoms with Gasteiger partial charge in [-0.1, -0.05) is 43.2 Å². The molecule has 1 fully saturated rings. The van der Waals surface area contributed by atoms with E-state index in [4.69, 9.17) is 11.6 Å². The predicted octanol–water partition coefficient (Wildman–Crippen LogP) is 3.62. The third-order valence-electron chi connectivity index (χ3n) is 3.66. The van der Waals surface area contributed by atoms with E-state index in [2.05, 4.69) is 6.07 Å². The van der Waals surface area contributed by atoms with Crippen molar-refractivity contribution < 1.29 is 4.79 Å². The molecule has 0 saturated heterocycles. The molecule has 2 nitrogen and oxygen atoms in total. The maximum absolute atomic E-state index is 11.7. The van der Waals surface area contributed by atoms with Crippen LogP contribution in [0.4, 0.5) is 0 Å². The zero-order valence-electron chi connectivity index (χ0n) is 9.53. The van der Waals surface area contributed by atoms with Gasteiger partial charge in [-0.05, 0) is 30.0 Å². The summed E-state index contributed by atoms with van der Waals surface area (Å²) in [7, 11) is 0. The summed E-state index contributed by atoms with van der Waals surface area (Å²) in [6.07, 6.45) is 3.38. The van der Waals surface area contributed by atoms with Crippen molar-refractivity contribution in [3.63, 3.8) is 0 Å². The largest absolute Gasteiger partial charge is 0.279 e. The molecule has 1 saturated carbocycles. The van der Waals surface area contributed by atoms with Crippen LogP contribution in [0.5, 0.6) is 0 Å². The number of carbonyl (C=O) groups excluding carboxylic acids is 1. The molecule has 1 aliphatic carbocycles. The van der Waals surface area contributed by atoms with Crippen LogP contribution >= 0.6 is 11.6 Å². The normalized spacial score (nSPS) is 28.4. The number of halogens is 1. The molecule has 1 aromatic carbocycles. The number of benzene rings is 1. The van der Waals surface area contributed by atoms with Crippen molar-refractivity contribution in [1.29, 1.82) is 5.26 Å². The second-order valence-corrected chi connectivity index (χ2v) is 4.91. The first-order chi connectivity index (χ1) is 8.20. The summed E-state index contributed by atoms with van der Waals surface area (Å²) in [5.74, 6) is -0.0625. The lowest BCUT2D eigenvalue weighted by Crippen LogP contribution is -2.36. The van der Waals surface area contributed by atoms with E-state index in [1.54, 1.807) is 0 Å². The molecule has 0 radical (unpaired) electrons. The Bertz CT molecular complexity index is 451. The van der Waals surface area contributed by atoms with Crippen LogP contribution in [0.3, 0.4) is 0 Å². The van der Waals surface area contributed by atoms with Gasteiger partial charge in [-0.25, -0.2) is 0 Å². The predicted molar refractivity (Wildman–Crippen MR) is 66.6 cm³/mol. The van der Waals surface area contributed by atoms with Gasteiger partial charge in [0, 0.05) is 5.92 Å². The monoisotopic (exact) mass is 247 g/mol. The smallest absolute Gasteiger partial charge is 0.242 e. The molecule has 0 unspecified atom stereocenters. The Kier molecular flexibility index (Phi) is 3.49. The molecule has 0 aromatic heterocycles. The number of nitriles is 1. The SMILES string of the molecule is N#C[C@]1(C(=O)Cl)CCCC[C@@H]1c1ccccc1.